The highest BCUT2D eigenvalue weighted by Gasteiger charge is 2.25. The molecule has 0 radical (unpaired) electrons. The zero-order chi connectivity index (χ0) is 16.3. The second kappa shape index (κ2) is 6.20. The molecule has 0 aliphatic carbocycles. The van der Waals surface area contributed by atoms with Crippen LogP contribution in [-0.4, -0.2) is 43.4 Å². The van der Waals surface area contributed by atoms with Crippen molar-refractivity contribution in [2.45, 2.75) is 0 Å². The molecule has 1 aromatic carbocycles. The lowest BCUT2D eigenvalue weighted by Gasteiger charge is -2.18. The molecule has 0 bridgehead atoms. The summed E-state index contributed by atoms with van der Waals surface area (Å²) < 4.78 is 21.4. The first-order chi connectivity index (χ1) is 10.5. The van der Waals surface area contributed by atoms with Crippen LogP contribution in [0.25, 0.3) is 11.4 Å². The summed E-state index contributed by atoms with van der Waals surface area (Å²) in [6.07, 6.45) is 0. The number of anilines is 2. The van der Waals surface area contributed by atoms with Gasteiger partial charge in [0.25, 0.3) is 0 Å². The van der Waals surface area contributed by atoms with Gasteiger partial charge in [-0.3, -0.25) is 0 Å². The van der Waals surface area contributed by atoms with Gasteiger partial charge in [0.15, 0.2) is 28.8 Å². The van der Waals surface area contributed by atoms with Gasteiger partial charge in [0.2, 0.25) is 11.9 Å². The van der Waals surface area contributed by atoms with E-state index >= 15 is 0 Å². The number of methoxy groups -OCH3 is 4. The molecule has 0 spiro atoms. The number of aromatic nitrogens is 3. The molecule has 0 aliphatic heterocycles. The lowest BCUT2D eigenvalue weighted by Crippen LogP contribution is -2.07. The smallest absolute Gasteiger partial charge is 0.225 e. The molecule has 2 rings (SSSR count). The summed E-state index contributed by atoms with van der Waals surface area (Å²) in [5.74, 6) is 1.73. The van der Waals surface area contributed by atoms with Gasteiger partial charge in [-0.2, -0.15) is 15.0 Å². The fraction of sp³-hybridized carbons (Fsp3) is 0.308. The molecule has 1 heterocycles. The van der Waals surface area contributed by atoms with Crippen molar-refractivity contribution in [2.24, 2.45) is 0 Å². The van der Waals surface area contributed by atoms with Gasteiger partial charge in [-0.05, 0) is 0 Å². The molecule has 9 nitrogen and oxygen atoms in total. The number of nitrogens with zero attached hydrogens (tertiary/aromatic N) is 3. The largest absolute Gasteiger partial charge is 0.493 e. The van der Waals surface area contributed by atoms with Crippen molar-refractivity contribution < 1.29 is 18.9 Å². The Balaban J connectivity index is 2.86. The van der Waals surface area contributed by atoms with Crippen LogP contribution in [0.3, 0.4) is 0 Å². The lowest BCUT2D eigenvalue weighted by molar-refractivity contribution is 0.331. The average Bonchev–Trinajstić information content (AvgIpc) is 2.51. The van der Waals surface area contributed by atoms with Gasteiger partial charge in [0.05, 0.1) is 28.4 Å². The molecule has 4 N–H and O–H groups in total. The monoisotopic (exact) mass is 307 g/mol. The summed E-state index contributed by atoms with van der Waals surface area (Å²) in [6.45, 7) is 0. The molecular weight excluding hydrogens is 290 g/mol. The van der Waals surface area contributed by atoms with E-state index in [9.17, 15) is 0 Å². The SMILES string of the molecule is COc1cc(OC)c(OC)c(-c2nc(N)nc(N)n2)c1OC. The Morgan fingerprint density at radius 2 is 1.18 bits per heavy atom. The van der Waals surface area contributed by atoms with Gasteiger partial charge in [0, 0.05) is 6.07 Å². The van der Waals surface area contributed by atoms with Crippen LogP contribution in [0, 0.1) is 0 Å². The topological polar surface area (TPSA) is 128 Å². The molecule has 9 heteroatoms. The van der Waals surface area contributed by atoms with E-state index in [4.69, 9.17) is 30.4 Å². The predicted molar refractivity (Wildman–Crippen MR) is 80.3 cm³/mol. The van der Waals surface area contributed by atoms with Crippen molar-refractivity contribution in [3.05, 3.63) is 6.07 Å². The van der Waals surface area contributed by atoms with Crippen LogP contribution in [0.1, 0.15) is 0 Å². The Bertz CT molecular complexity index is 642. The van der Waals surface area contributed by atoms with Crippen molar-refractivity contribution in [1.29, 1.82) is 0 Å². The van der Waals surface area contributed by atoms with E-state index in [-0.39, 0.29) is 17.7 Å². The van der Waals surface area contributed by atoms with Crippen molar-refractivity contribution in [1.82, 2.24) is 15.0 Å². The molecule has 0 saturated heterocycles. The van der Waals surface area contributed by atoms with E-state index in [1.54, 1.807) is 6.07 Å². The van der Waals surface area contributed by atoms with Crippen LogP contribution in [0.4, 0.5) is 11.9 Å². The number of rotatable bonds is 5. The molecule has 0 unspecified atom stereocenters. The van der Waals surface area contributed by atoms with Crippen molar-refractivity contribution in [3.63, 3.8) is 0 Å². The van der Waals surface area contributed by atoms with Gasteiger partial charge in [0.1, 0.15) is 5.56 Å². The Morgan fingerprint density at radius 3 is 1.55 bits per heavy atom. The molecule has 0 aliphatic rings. The predicted octanol–water partition coefficient (Wildman–Crippen LogP) is 0.737. The first-order valence-electron chi connectivity index (χ1n) is 6.20. The molecule has 0 amide bonds. The third kappa shape index (κ3) is 2.60. The molecule has 22 heavy (non-hydrogen) atoms. The average molecular weight is 307 g/mol. The zero-order valence-electron chi connectivity index (χ0n) is 12.7. The van der Waals surface area contributed by atoms with Crippen LogP contribution >= 0.6 is 0 Å². The maximum absolute atomic E-state index is 5.63. The standard InChI is InChI=1S/C13H17N5O4/c1-19-6-5-7(20-2)10(22-4)8(9(6)21-3)11-16-12(14)18-13(15)17-11/h5H,1-4H3,(H4,14,15,16,17,18). The molecule has 2 aromatic rings. The molecule has 0 saturated carbocycles. The molecule has 118 valence electrons. The summed E-state index contributed by atoms with van der Waals surface area (Å²) in [5, 5.41) is 0. The third-order valence-corrected chi connectivity index (χ3v) is 2.91. The number of nitrogens with two attached hydrogens (primary N) is 2. The normalized spacial score (nSPS) is 10.2. The van der Waals surface area contributed by atoms with Crippen LogP contribution in [0.15, 0.2) is 6.07 Å². The van der Waals surface area contributed by atoms with Crippen molar-refractivity contribution in [2.75, 3.05) is 39.9 Å². The highest BCUT2D eigenvalue weighted by Crippen LogP contribution is 2.49. The lowest BCUT2D eigenvalue weighted by atomic mass is 10.1. The van der Waals surface area contributed by atoms with Gasteiger partial charge in [-0.1, -0.05) is 0 Å². The van der Waals surface area contributed by atoms with Gasteiger partial charge < -0.3 is 30.4 Å². The molecule has 0 fully saturated rings. The number of hydrogen-bond acceptors (Lipinski definition) is 9. The van der Waals surface area contributed by atoms with Crippen molar-refractivity contribution in [3.8, 4) is 34.4 Å². The quantitative estimate of drug-likeness (QED) is 0.821. The Morgan fingerprint density at radius 1 is 0.727 bits per heavy atom. The van der Waals surface area contributed by atoms with E-state index < -0.39 is 0 Å². The molecule has 0 atom stereocenters. The Kier molecular flexibility index (Phi) is 4.35. The summed E-state index contributed by atoms with van der Waals surface area (Å²) in [5.41, 5.74) is 11.7. The molecule has 1 aromatic heterocycles. The first-order valence-corrected chi connectivity index (χ1v) is 6.20. The van der Waals surface area contributed by atoms with Gasteiger partial charge >= 0.3 is 0 Å². The summed E-state index contributed by atoms with van der Waals surface area (Å²) >= 11 is 0. The summed E-state index contributed by atoms with van der Waals surface area (Å²) in [4.78, 5) is 11.9. The van der Waals surface area contributed by atoms with Crippen LogP contribution in [-0.2, 0) is 0 Å². The second-order valence-electron chi connectivity index (χ2n) is 4.10. The number of nitrogen functional groups attached to an aromatic ring is 2. The van der Waals surface area contributed by atoms with Crippen molar-refractivity contribution >= 4 is 11.9 Å². The minimum Gasteiger partial charge on any atom is -0.493 e. The van der Waals surface area contributed by atoms with E-state index in [1.807, 2.05) is 0 Å². The minimum atomic E-state index is -0.0200. The van der Waals surface area contributed by atoms with E-state index in [0.717, 1.165) is 0 Å². The first kappa shape index (κ1) is 15.4. The third-order valence-electron chi connectivity index (χ3n) is 2.91. The van der Waals surface area contributed by atoms with Crippen LogP contribution in [0.2, 0.25) is 0 Å². The maximum Gasteiger partial charge on any atom is 0.225 e. The number of benzene rings is 1. The highest BCUT2D eigenvalue weighted by atomic mass is 16.5. The van der Waals surface area contributed by atoms with Crippen LogP contribution < -0.4 is 30.4 Å². The summed E-state index contributed by atoms with van der Waals surface area (Å²) in [7, 11) is 5.98. The number of ether oxygens (including phenoxy) is 4. The fourth-order valence-corrected chi connectivity index (χ4v) is 2.03. The number of hydrogen-bond donors (Lipinski definition) is 2. The molecular formula is C13H17N5O4. The fourth-order valence-electron chi connectivity index (χ4n) is 2.03. The van der Waals surface area contributed by atoms with E-state index in [0.29, 0.717) is 28.6 Å². The van der Waals surface area contributed by atoms with Gasteiger partial charge in [-0.25, -0.2) is 0 Å². The van der Waals surface area contributed by atoms with Gasteiger partial charge in [-0.15, -0.1) is 0 Å². The Hall–Kier alpha value is -2.97. The van der Waals surface area contributed by atoms with E-state index in [2.05, 4.69) is 15.0 Å². The maximum atomic E-state index is 5.63. The minimum absolute atomic E-state index is 0.0200. The van der Waals surface area contributed by atoms with E-state index in [1.165, 1.54) is 28.4 Å². The zero-order valence-corrected chi connectivity index (χ0v) is 12.7. The Labute approximate surface area is 127 Å². The summed E-state index contributed by atoms with van der Waals surface area (Å²) in [6, 6.07) is 1.63. The second-order valence-corrected chi connectivity index (χ2v) is 4.10. The highest BCUT2D eigenvalue weighted by molar-refractivity contribution is 5.80. The van der Waals surface area contributed by atoms with Crippen LogP contribution in [0.5, 0.6) is 23.0 Å².